The lowest BCUT2D eigenvalue weighted by atomic mass is 10.2. The molecule has 0 saturated carbocycles. The van der Waals surface area contributed by atoms with Crippen molar-refractivity contribution in [2.24, 2.45) is 0 Å². The molecular formula is C8H7F5N2O2. The van der Waals surface area contributed by atoms with E-state index < -0.39 is 42.1 Å². The smallest absolute Gasteiger partial charge is 0.401 e. The molecule has 1 aromatic heterocycles. The fourth-order valence-corrected chi connectivity index (χ4v) is 1.08. The molecule has 0 aliphatic carbocycles. The number of nitrogens with zero attached hydrogens (tertiary/aromatic N) is 1. The summed E-state index contributed by atoms with van der Waals surface area (Å²) in [5, 5.41) is 8.72. The van der Waals surface area contributed by atoms with Crippen molar-refractivity contribution in [2.75, 3.05) is 5.73 Å². The van der Waals surface area contributed by atoms with Gasteiger partial charge in [-0.3, -0.25) is 4.98 Å². The maximum atomic E-state index is 12.4. The molecule has 4 nitrogen and oxygen atoms in total. The number of rotatable bonds is 3. The molecule has 0 aromatic carbocycles. The van der Waals surface area contributed by atoms with Crippen LogP contribution >= 0.6 is 0 Å². The molecule has 0 fully saturated rings. The fraction of sp³-hybridized carbons (Fsp3) is 0.375. The van der Waals surface area contributed by atoms with Gasteiger partial charge in [-0.25, -0.2) is 8.78 Å². The third-order valence-corrected chi connectivity index (χ3v) is 1.78. The molecule has 0 saturated heterocycles. The first-order chi connectivity index (χ1) is 7.76. The normalized spacial score (nSPS) is 11.9. The van der Waals surface area contributed by atoms with Gasteiger partial charge < -0.3 is 15.6 Å². The SMILES string of the molecule is Nc1c(C(F)F)cnc(CO)c1OC(F)(F)F. The van der Waals surface area contributed by atoms with E-state index in [1.54, 1.807) is 0 Å². The van der Waals surface area contributed by atoms with E-state index in [2.05, 4.69) is 9.72 Å². The first-order valence-corrected chi connectivity index (χ1v) is 4.18. The summed E-state index contributed by atoms with van der Waals surface area (Å²) in [4.78, 5) is 3.23. The number of hydrogen-bond acceptors (Lipinski definition) is 4. The molecule has 1 rings (SSSR count). The average Bonchev–Trinajstić information content (AvgIpc) is 2.18. The molecule has 9 heteroatoms. The zero-order valence-electron chi connectivity index (χ0n) is 8.13. The van der Waals surface area contributed by atoms with Crippen molar-refractivity contribution in [3.63, 3.8) is 0 Å². The summed E-state index contributed by atoms with van der Waals surface area (Å²) >= 11 is 0. The molecule has 0 bridgehead atoms. The maximum absolute atomic E-state index is 12.4. The Balaban J connectivity index is 3.28. The molecule has 17 heavy (non-hydrogen) atoms. The van der Waals surface area contributed by atoms with E-state index in [1.165, 1.54) is 0 Å². The van der Waals surface area contributed by atoms with Gasteiger partial charge in [0.25, 0.3) is 6.43 Å². The van der Waals surface area contributed by atoms with Gasteiger partial charge >= 0.3 is 6.36 Å². The van der Waals surface area contributed by atoms with E-state index in [0.717, 1.165) is 0 Å². The van der Waals surface area contributed by atoms with Crippen LogP contribution in [0.25, 0.3) is 0 Å². The van der Waals surface area contributed by atoms with Crippen LogP contribution in [0.1, 0.15) is 17.7 Å². The Bertz CT molecular complexity index is 408. The Hall–Kier alpha value is -1.64. The summed E-state index contributed by atoms with van der Waals surface area (Å²) in [6.07, 6.45) is -7.61. The van der Waals surface area contributed by atoms with Crippen molar-refractivity contribution < 1.29 is 31.8 Å². The third-order valence-electron chi connectivity index (χ3n) is 1.78. The highest BCUT2D eigenvalue weighted by atomic mass is 19.4. The van der Waals surface area contributed by atoms with Crippen LogP contribution in [0, 0.1) is 0 Å². The second kappa shape index (κ2) is 4.70. The standard InChI is InChI=1S/C8H7F5N2O2/c9-7(10)3-1-15-4(2-16)6(5(3)14)17-8(11,12)13/h1,7,16H,2H2,(H2,14,15). The van der Waals surface area contributed by atoms with Crippen LogP contribution in [0.5, 0.6) is 5.75 Å². The number of hydrogen-bond donors (Lipinski definition) is 2. The molecule has 1 heterocycles. The maximum Gasteiger partial charge on any atom is 0.573 e. The Morgan fingerprint density at radius 1 is 1.41 bits per heavy atom. The van der Waals surface area contributed by atoms with Crippen molar-refractivity contribution in [2.45, 2.75) is 19.4 Å². The molecule has 0 unspecified atom stereocenters. The van der Waals surface area contributed by atoms with E-state index in [1.807, 2.05) is 0 Å². The Morgan fingerprint density at radius 2 is 2.00 bits per heavy atom. The molecule has 0 radical (unpaired) electrons. The first-order valence-electron chi connectivity index (χ1n) is 4.18. The van der Waals surface area contributed by atoms with Crippen LogP contribution in [0.15, 0.2) is 6.20 Å². The van der Waals surface area contributed by atoms with E-state index in [0.29, 0.717) is 6.20 Å². The zero-order valence-corrected chi connectivity index (χ0v) is 8.13. The lowest BCUT2D eigenvalue weighted by molar-refractivity contribution is -0.274. The highest BCUT2D eigenvalue weighted by Crippen LogP contribution is 2.36. The number of ether oxygens (including phenoxy) is 1. The molecule has 0 atom stereocenters. The van der Waals surface area contributed by atoms with Crippen LogP contribution in [0.2, 0.25) is 0 Å². The predicted molar refractivity (Wildman–Crippen MR) is 46.2 cm³/mol. The summed E-state index contributed by atoms with van der Waals surface area (Å²) < 4.78 is 64.2. The Labute approximate surface area is 91.8 Å². The number of nitrogens with two attached hydrogens (primary N) is 1. The van der Waals surface area contributed by atoms with Gasteiger partial charge in [-0.2, -0.15) is 0 Å². The van der Waals surface area contributed by atoms with Crippen LogP contribution in [-0.2, 0) is 6.61 Å². The van der Waals surface area contributed by atoms with E-state index in [-0.39, 0.29) is 0 Å². The molecule has 0 spiro atoms. The minimum Gasteiger partial charge on any atom is -0.401 e. The number of anilines is 1. The van der Waals surface area contributed by atoms with Gasteiger partial charge in [-0.1, -0.05) is 0 Å². The predicted octanol–water partition coefficient (Wildman–Crippen LogP) is 1.99. The third kappa shape index (κ3) is 3.16. The molecular weight excluding hydrogens is 251 g/mol. The summed E-state index contributed by atoms with van der Waals surface area (Å²) in [6, 6.07) is 0. The van der Waals surface area contributed by atoms with E-state index in [4.69, 9.17) is 10.8 Å². The highest BCUT2D eigenvalue weighted by Gasteiger charge is 2.34. The summed E-state index contributed by atoms with van der Waals surface area (Å²) in [5.74, 6) is -1.10. The monoisotopic (exact) mass is 258 g/mol. The van der Waals surface area contributed by atoms with Crippen molar-refractivity contribution in [1.82, 2.24) is 4.98 Å². The van der Waals surface area contributed by atoms with Crippen LogP contribution < -0.4 is 10.5 Å². The number of aromatic nitrogens is 1. The Morgan fingerprint density at radius 3 is 2.41 bits per heavy atom. The van der Waals surface area contributed by atoms with Gasteiger partial charge in [-0.05, 0) is 0 Å². The first kappa shape index (κ1) is 13.4. The summed E-state index contributed by atoms with van der Waals surface area (Å²) in [7, 11) is 0. The quantitative estimate of drug-likeness (QED) is 0.813. The molecule has 0 aliphatic rings. The fourth-order valence-electron chi connectivity index (χ4n) is 1.08. The topological polar surface area (TPSA) is 68.4 Å². The number of nitrogen functional groups attached to an aromatic ring is 1. The molecule has 0 amide bonds. The average molecular weight is 258 g/mol. The second-order valence-corrected chi connectivity index (χ2v) is 2.91. The van der Waals surface area contributed by atoms with Gasteiger partial charge in [0.2, 0.25) is 0 Å². The van der Waals surface area contributed by atoms with Gasteiger partial charge in [0, 0.05) is 6.20 Å². The summed E-state index contributed by atoms with van der Waals surface area (Å²) in [6.45, 7) is -0.918. The summed E-state index contributed by atoms with van der Waals surface area (Å²) in [5.41, 5.74) is 2.77. The van der Waals surface area contributed by atoms with Crippen LogP contribution in [0.4, 0.5) is 27.6 Å². The molecule has 96 valence electrons. The number of pyridine rings is 1. The molecule has 3 N–H and O–H groups in total. The lowest BCUT2D eigenvalue weighted by Crippen LogP contribution is -2.20. The largest absolute Gasteiger partial charge is 0.573 e. The zero-order chi connectivity index (χ0) is 13.2. The number of alkyl halides is 5. The van der Waals surface area contributed by atoms with Crippen molar-refractivity contribution in [3.05, 3.63) is 17.5 Å². The van der Waals surface area contributed by atoms with Crippen LogP contribution in [-0.4, -0.2) is 16.5 Å². The highest BCUT2D eigenvalue weighted by molar-refractivity contribution is 5.60. The minimum absolute atomic E-state index is 0.566. The van der Waals surface area contributed by atoms with Crippen molar-refractivity contribution in [1.29, 1.82) is 0 Å². The number of aliphatic hydroxyl groups excluding tert-OH is 1. The van der Waals surface area contributed by atoms with E-state index in [9.17, 15) is 22.0 Å². The second-order valence-electron chi connectivity index (χ2n) is 2.91. The van der Waals surface area contributed by atoms with E-state index >= 15 is 0 Å². The lowest BCUT2D eigenvalue weighted by Gasteiger charge is -2.15. The van der Waals surface area contributed by atoms with Crippen molar-refractivity contribution in [3.8, 4) is 5.75 Å². The van der Waals surface area contributed by atoms with Gasteiger partial charge in [0.15, 0.2) is 5.75 Å². The van der Waals surface area contributed by atoms with Gasteiger partial charge in [0.05, 0.1) is 17.9 Å². The Kier molecular flexibility index (Phi) is 3.71. The van der Waals surface area contributed by atoms with Gasteiger partial charge in [0.1, 0.15) is 5.69 Å². The van der Waals surface area contributed by atoms with Crippen LogP contribution in [0.3, 0.4) is 0 Å². The van der Waals surface area contributed by atoms with Gasteiger partial charge in [-0.15, -0.1) is 13.2 Å². The molecule has 1 aromatic rings. The minimum atomic E-state index is -5.11. The number of aliphatic hydroxyl groups is 1. The van der Waals surface area contributed by atoms with Crippen molar-refractivity contribution >= 4 is 5.69 Å². The molecule has 0 aliphatic heterocycles. The number of halogens is 5.